The van der Waals surface area contributed by atoms with Crippen LogP contribution in [0.25, 0.3) is 0 Å². The van der Waals surface area contributed by atoms with Crippen LogP contribution in [0.3, 0.4) is 0 Å². The van der Waals surface area contributed by atoms with Gasteiger partial charge in [-0.05, 0) is 36.0 Å². The number of benzene rings is 1. The van der Waals surface area contributed by atoms with E-state index in [-0.39, 0.29) is 11.4 Å². The van der Waals surface area contributed by atoms with Gasteiger partial charge >= 0.3 is 0 Å². The first-order valence-corrected chi connectivity index (χ1v) is 6.94. The second-order valence-corrected chi connectivity index (χ2v) is 5.39. The monoisotopic (exact) mass is 259 g/mol. The molecule has 0 aromatic heterocycles. The van der Waals surface area contributed by atoms with Gasteiger partial charge in [-0.1, -0.05) is 6.07 Å². The Balaban J connectivity index is 1.80. The molecular weight excluding hydrogens is 241 g/mol. The Morgan fingerprint density at radius 1 is 1.37 bits per heavy atom. The van der Waals surface area contributed by atoms with E-state index in [1.807, 2.05) is 12.1 Å². The minimum atomic E-state index is -0.371. The van der Waals surface area contributed by atoms with Crippen LogP contribution >= 0.6 is 0 Å². The molecule has 1 aromatic carbocycles. The summed E-state index contributed by atoms with van der Waals surface area (Å²) in [6, 6.07) is 5.35. The SMILES string of the molecule is N#Cc1c(F)ccc2c1CC[C@@H]2CN1CCNCC1. The van der Waals surface area contributed by atoms with Crippen LogP contribution in [0.5, 0.6) is 0 Å². The van der Waals surface area contributed by atoms with Crippen molar-refractivity contribution >= 4 is 0 Å². The van der Waals surface area contributed by atoms with Crippen molar-refractivity contribution in [3.05, 3.63) is 34.6 Å². The zero-order valence-electron chi connectivity index (χ0n) is 11.0. The summed E-state index contributed by atoms with van der Waals surface area (Å²) in [6.45, 7) is 5.29. The standard InChI is InChI=1S/C15H18FN3/c16-15-4-3-12-11(1-2-13(12)14(15)9-17)10-19-7-5-18-6-8-19/h3-4,11,18H,1-2,5-8,10H2/t11-/m1/s1. The van der Waals surface area contributed by atoms with Gasteiger partial charge in [0.25, 0.3) is 0 Å². The van der Waals surface area contributed by atoms with Gasteiger partial charge in [0.2, 0.25) is 0 Å². The second kappa shape index (κ2) is 5.28. The quantitative estimate of drug-likeness (QED) is 0.877. The highest BCUT2D eigenvalue weighted by atomic mass is 19.1. The van der Waals surface area contributed by atoms with Crippen molar-refractivity contribution < 1.29 is 4.39 Å². The Labute approximate surface area is 113 Å². The average molecular weight is 259 g/mol. The van der Waals surface area contributed by atoms with E-state index in [0.29, 0.717) is 5.92 Å². The number of nitrogens with zero attached hydrogens (tertiary/aromatic N) is 2. The van der Waals surface area contributed by atoms with Gasteiger partial charge in [0.15, 0.2) is 0 Å². The largest absolute Gasteiger partial charge is 0.314 e. The maximum absolute atomic E-state index is 13.6. The first-order chi connectivity index (χ1) is 9.29. The highest BCUT2D eigenvalue weighted by Gasteiger charge is 2.28. The normalized spacial score (nSPS) is 23.1. The molecule has 0 radical (unpaired) electrons. The van der Waals surface area contributed by atoms with Crippen molar-refractivity contribution in [2.45, 2.75) is 18.8 Å². The fourth-order valence-electron chi connectivity index (χ4n) is 3.28. The number of halogens is 1. The molecule has 0 bridgehead atoms. The number of nitrogens with one attached hydrogen (secondary N) is 1. The van der Waals surface area contributed by atoms with E-state index >= 15 is 0 Å². The second-order valence-electron chi connectivity index (χ2n) is 5.39. The smallest absolute Gasteiger partial charge is 0.141 e. The molecule has 1 atom stereocenters. The van der Waals surface area contributed by atoms with Gasteiger partial charge < -0.3 is 10.2 Å². The summed E-state index contributed by atoms with van der Waals surface area (Å²) in [5.41, 5.74) is 2.40. The molecule has 100 valence electrons. The van der Waals surface area contributed by atoms with Crippen LogP contribution in [-0.4, -0.2) is 37.6 Å². The van der Waals surface area contributed by atoms with E-state index in [4.69, 9.17) is 5.26 Å². The van der Waals surface area contributed by atoms with Crippen molar-refractivity contribution in [3.8, 4) is 6.07 Å². The number of hydrogen-bond donors (Lipinski definition) is 1. The van der Waals surface area contributed by atoms with Gasteiger partial charge in [0, 0.05) is 32.7 Å². The molecule has 1 N–H and O–H groups in total. The molecule has 1 aliphatic heterocycles. The van der Waals surface area contributed by atoms with Gasteiger partial charge in [-0.2, -0.15) is 5.26 Å². The molecule has 3 nitrogen and oxygen atoms in total. The predicted octanol–water partition coefficient (Wildman–Crippen LogP) is 1.63. The molecule has 0 unspecified atom stereocenters. The van der Waals surface area contributed by atoms with Crippen molar-refractivity contribution in [1.82, 2.24) is 10.2 Å². The summed E-state index contributed by atoms with van der Waals surface area (Å²) in [4.78, 5) is 2.46. The number of rotatable bonds is 2. The molecule has 1 aromatic rings. The molecule has 1 fully saturated rings. The summed E-state index contributed by atoms with van der Waals surface area (Å²) in [7, 11) is 0. The molecule has 2 aliphatic rings. The lowest BCUT2D eigenvalue weighted by Gasteiger charge is -2.29. The Bertz CT molecular complexity index is 515. The number of hydrogen-bond acceptors (Lipinski definition) is 3. The summed E-state index contributed by atoms with van der Waals surface area (Å²) in [5.74, 6) is 0.0878. The molecule has 19 heavy (non-hydrogen) atoms. The number of nitriles is 1. The van der Waals surface area contributed by atoms with Crippen LogP contribution in [0.4, 0.5) is 4.39 Å². The summed E-state index contributed by atoms with van der Waals surface area (Å²) in [6.07, 6.45) is 1.88. The summed E-state index contributed by atoms with van der Waals surface area (Å²) >= 11 is 0. The van der Waals surface area contributed by atoms with Crippen LogP contribution in [0, 0.1) is 17.1 Å². The van der Waals surface area contributed by atoms with Gasteiger partial charge in [-0.15, -0.1) is 0 Å². The maximum atomic E-state index is 13.6. The van der Waals surface area contributed by atoms with Crippen LogP contribution < -0.4 is 5.32 Å². The fourth-order valence-corrected chi connectivity index (χ4v) is 3.28. The molecule has 4 heteroatoms. The van der Waals surface area contributed by atoms with Crippen LogP contribution in [0.1, 0.15) is 29.0 Å². The van der Waals surface area contributed by atoms with E-state index in [1.165, 1.54) is 11.6 Å². The minimum Gasteiger partial charge on any atom is -0.314 e. The lowest BCUT2D eigenvalue weighted by atomic mass is 9.98. The van der Waals surface area contributed by atoms with Crippen molar-refractivity contribution in [3.63, 3.8) is 0 Å². The summed E-state index contributed by atoms with van der Waals surface area (Å²) in [5, 5.41) is 12.4. The molecule has 1 aliphatic carbocycles. The number of fused-ring (bicyclic) bond motifs is 1. The molecule has 0 saturated carbocycles. The van der Waals surface area contributed by atoms with Crippen molar-refractivity contribution in [2.75, 3.05) is 32.7 Å². The molecule has 3 rings (SSSR count). The highest BCUT2D eigenvalue weighted by Crippen LogP contribution is 2.36. The minimum absolute atomic E-state index is 0.264. The molecule has 0 amide bonds. The third-order valence-corrected chi connectivity index (χ3v) is 4.28. The predicted molar refractivity (Wildman–Crippen MR) is 71.5 cm³/mol. The Morgan fingerprint density at radius 3 is 2.89 bits per heavy atom. The van der Waals surface area contributed by atoms with E-state index in [9.17, 15) is 4.39 Å². The van der Waals surface area contributed by atoms with Gasteiger partial charge in [-0.3, -0.25) is 0 Å². The van der Waals surface area contributed by atoms with Gasteiger partial charge in [0.05, 0.1) is 5.56 Å². The average Bonchev–Trinajstić information content (AvgIpc) is 2.83. The Morgan fingerprint density at radius 2 is 2.16 bits per heavy atom. The number of piperazine rings is 1. The third-order valence-electron chi connectivity index (χ3n) is 4.28. The maximum Gasteiger partial charge on any atom is 0.141 e. The van der Waals surface area contributed by atoms with E-state index in [1.54, 1.807) is 0 Å². The Hall–Kier alpha value is -1.44. The Kier molecular flexibility index (Phi) is 3.50. The first-order valence-electron chi connectivity index (χ1n) is 6.94. The lowest BCUT2D eigenvalue weighted by Crippen LogP contribution is -2.44. The molecule has 0 spiro atoms. The third kappa shape index (κ3) is 2.36. The van der Waals surface area contributed by atoms with E-state index < -0.39 is 0 Å². The first kappa shape index (κ1) is 12.6. The van der Waals surface area contributed by atoms with E-state index in [0.717, 1.165) is 51.1 Å². The zero-order chi connectivity index (χ0) is 13.2. The van der Waals surface area contributed by atoms with Crippen LogP contribution in [-0.2, 0) is 6.42 Å². The zero-order valence-corrected chi connectivity index (χ0v) is 11.0. The van der Waals surface area contributed by atoms with Gasteiger partial charge in [-0.25, -0.2) is 4.39 Å². The van der Waals surface area contributed by atoms with E-state index in [2.05, 4.69) is 10.2 Å². The summed E-state index contributed by atoms with van der Waals surface area (Å²) < 4.78 is 13.6. The van der Waals surface area contributed by atoms with Gasteiger partial charge in [0.1, 0.15) is 11.9 Å². The molecule has 1 saturated heterocycles. The fraction of sp³-hybridized carbons (Fsp3) is 0.533. The molecular formula is C15H18FN3. The van der Waals surface area contributed by atoms with Crippen molar-refractivity contribution in [1.29, 1.82) is 5.26 Å². The highest BCUT2D eigenvalue weighted by molar-refractivity contribution is 5.48. The van der Waals surface area contributed by atoms with Crippen LogP contribution in [0.15, 0.2) is 12.1 Å². The van der Waals surface area contributed by atoms with Crippen LogP contribution in [0.2, 0.25) is 0 Å². The molecule has 1 heterocycles. The van der Waals surface area contributed by atoms with Crippen molar-refractivity contribution in [2.24, 2.45) is 0 Å². The topological polar surface area (TPSA) is 39.1 Å². The lowest BCUT2D eigenvalue weighted by molar-refractivity contribution is 0.226.